The van der Waals surface area contributed by atoms with Crippen LogP contribution in [0.1, 0.15) is 97.3 Å². The van der Waals surface area contributed by atoms with Crippen LogP contribution in [0.2, 0.25) is 0 Å². The highest BCUT2D eigenvalue weighted by Gasteiger charge is 2.15. The number of rotatable bonds is 15. The van der Waals surface area contributed by atoms with Crippen molar-refractivity contribution in [2.24, 2.45) is 5.92 Å². The van der Waals surface area contributed by atoms with Crippen molar-refractivity contribution in [3.05, 3.63) is 40.8 Å². The smallest absolute Gasteiger partial charge is 0.336 e. The number of ether oxygens (including phenoxy) is 1. The Bertz CT molecular complexity index is 808. The zero-order valence-corrected chi connectivity index (χ0v) is 18.8. The third-order valence-electron chi connectivity index (χ3n) is 5.71. The van der Waals surface area contributed by atoms with Gasteiger partial charge in [0.2, 0.25) is 0 Å². The fourth-order valence-corrected chi connectivity index (χ4v) is 3.73. The second-order valence-corrected chi connectivity index (χ2v) is 8.45. The summed E-state index contributed by atoms with van der Waals surface area (Å²) in [4.78, 5) is 23.7. The highest BCUT2D eigenvalue weighted by Crippen LogP contribution is 2.21. The normalized spacial score (nSPS) is 12.2. The van der Waals surface area contributed by atoms with Crippen LogP contribution < -0.4 is 10.4 Å². The van der Waals surface area contributed by atoms with Crippen LogP contribution in [0.3, 0.4) is 0 Å². The predicted octanol–water partition coefficient (Wildman–Crippen LogP) is 7.43. The molecule has 0 radical (unpaired) electrons. The van der Waals surface area contributed by atoms with Gasteiger partial charge in [-0.15, -0.1) is 0 Å². The lowest BCUT2D eigenvalue weighted by Crippen LogP contribution is -2.17. The summed E-state index contributed by atoms with van der Waals surface area (Å²) in [6.45, 7) is 4.18. The monoisotopic (exact) mass is 414 g/mol. The summed E-state index contributed by atoms with van der Waals surface area (Å²) in [7, 11) is 0. The first-order chi connectivity index (χ1) is 14.6. The molecule has 0 N–H and O–H groups in total. The molecule has 1 unspecified atom stereocenters. The molecule has 2 aromatic rings. The molecular weight excluding hydrogens is 376 g/mol. The van der Waals surface area contributed by atoms with Gasteiger partial charge in [-0.3, -0.25) is 4.79 Å². The zero-order chi connectivity index (χ0) is 21.6. The Balaban J connectivity index is 1.55. The molecule has 1 heterocycles. The van der Waals surface area contributed by atoms with E-state index in [0.29, 0.717) is 11.3 Å². The quantitative estimate of drug-likeness (QED) is 0.132. The molecular formula is C26H38O4. The number of benzene rings is 1. The lowest BCUT2D eigenvalue weighted by Gasteiger charge is -2.11. The Hall–Kier alpha value is -2.10. The van der Waals surface area contributed by atoms with Crippen LogP contribution >= 0.6 is 0 Å². The SMILES string of the molecule is CCCCCCCCCCCCCCC(C)C(=O)Oc1ccc2ccc(=O)oc2c1. The molecule has 0 saturated heterocycles. The summed E-state index contributed by atoms with van der Waals surface area (Å²) >= 11 is 0. The van der Waals surface area contributed by atoms with Gasteiger partial charge in [-0.05, 0) is 24.6 Å². The van der Waals surface area contributed by atoms with E-state index in [0.717, 1.165) is 18.2 Å². The van der Waals surface area contributed by atoms with Gasteiger partial charge in [-0.1, -0.05) is 90.9 Å². The third-order valence-corrected chi connectivity index (χ3v) is 5.71. The molecule has 0 saturated carbocycles. The first-order valence-electron chi connectivity index (χ1n) is 11.9. The summed E-state index contributed by atoms with van der Waals surface area (Å²) in [5.74, 6) is 0.0608. The predicted molar refractivity (Wildman–Crippen MR) is 123 cm³/mol. The maximum absolute atomic E-state index is 12.3. The molecule has 0 spiro atoms. The molecule has 1 atom stereocenters. The molecule has 0 fully saturated rings. The first-order valence-corrected chi connectivity index (χ1v) is 11.9. The van der Waals surface area contributed by atoms with E-state index in [1.165, 1.54) is 76.7 Å². The van der Waals surface area contributed by atoms with Crippen molar-refractivity contribution >= 4 is 16.9 Å². The van der Waals surface area contributed by atoms with Crippen molar-refractivity contribution in [3.63, 3.8) is 0 Å². The number of carbonyl (C=O) groups excluding carboxylic acids is 1. The van der Waals surface area contributed by atoms with Crippen LogP contribution in [0.15, 0.2) is 39.5 Å². The van der Waals surface area contributed by atoms with E-state index in [9.17, 15) is 9.59 Å². The minimum atomic E-state index is -0.411. The number of hydrogen-bond acceptors (Lipinski definition) is 4. The van der Waals surface area contributed by atoms with Gasteiger partial charge in [0.25, 0.3) is 0 Å². The second-order valence-electron chi connectivity index (χ2n) is 8.45. The standard InChI is InChI=1S/C26H38O4/c1-3-4-5-6-7-8-9-10-11-12-13-14-15-21(2)26(28)29-23-18-16-22-17-19-25(27)30-24(22)20-23/h16-21H,3-15H2,1-2H3. The number of hydrogen-bond donors (Lipinski definition) is 0. The van der Waals surface area contributed by atoms with Gasteiger partial charge in [-0.25, -0.2) is 4.79 Å². The Labute approximate surface area is 181 Å². The van der Waals surface area contributed by atoms with Crippen molar-refractivity contribution in [2.45, 2.75) is 97.3 Å². The molecule has 4 nitrogen and oxygen atoms in total. The van der Waals surface area contributed by atoms with Crippen LogP contribution in [0.25, 0.3) is 11.0 Å². The highest BCUT2D eigenvalue weighted by atomic mass is 16.5. The number of unbranched alkanes of at least 4 members (excludes halogenated alkanes) is 11. The van der Waals surface area contributed by atoms with Gasteiger partial charge in [0.15, 0.2) is 0 Å². The van der Waals surface area contributed by atoms with Gasteiger partial charge in [0, 0.05) is 17.5 Å². The van der Waals surface area contributed by atoms with E-state index in [2.05, 4.69) is 6.92 Å². The fraction of sp³-hybridized carbons (Fsp3) is 0.615. The average molecular weight is 415 g/mol. The molecule has 4 heteroatoms. The van der Waals surface area contributed by atoms with Gasteiger partial charge >= 0.3 is 11.6 Å². The van der Waals surface area contributed by atoms with E-state index < -0.39 is 5.63 Å². The highest BCUT2D eigenvalue weighted by molar-refractivity contribution is 5.80. The van der Waals surface area contributed by atoms with Crippen LogP contribution in [-0.4, -0.2) is 5.97 Å². The Morgan fingerprint density at radius 1 is 0.867 bits per heavy atom. The Morgan fingerprint density at radius 3 is 2.07 bits per heavy atom. The van der Waals surface area contributed by atoms with Crippen LogP contribution in [0, 0.1) is 5.92 Å². The van der Waals surface area contributed by atoms with Crippen molar-refractivity contribution in [1.29, 1.82) is 0 Å². The largest absolute Gasteiger partial charge is 0.426 e. The van der Waals surface area contributed by atoms with Crippen LogP contribution in [-0.2, 0) is 4.79 Å². The summed E-state index contributed by atoms with van der Waals surface area (Å²) in [5, 5.41) is 0.805. The maximum atomic E-state index is 12.3. The van der Waals surface area contributed by atoms with E-state index in [-0.39, 0.29) is 11.9 Å². The first kappa shape index (κ1) is 24.2. The average Bonchev–Trinajstić information content (AvgIpc) is 2.74. The van der Waals surface area contributed by atoms with Crippen molar-refractivity contribution < 1.29 is 13.9 Å². The van der Waals surface area contributed by atoms with Gasteiger partial charge < -0.3 is 9.15 Å². The van der Waals surface area contributed by atoms with Crippen molar-refractivity contribution in [3.8, 4) is 5.75 Å². The molecule has 0 bridgehead atoms. The Morgan fingerprint density at radius 2 is 1.43 bits per heavy atom. The Kier molecular flexibility index (Phi) is 11.3. The molecule has 0 aliphatic heterocycles. The minimum absolute atomic E-state index is 0.133. The van der Waals surface area contributed by atoms with Gasteiger partial charge in [0.1, 0.15) is 11.3 Å². The van der Waals surface area contributed by atoms with Crippen LogP contribution in [0.4, 0.5) is 0 Å². The zero-order valence-electron chi connectivity index (χ0n) is 18.8. The molecule has 0 aliphatic rings. The molecule has 166 valence electrons. The third kappa shape index (κ3) is 9.15. The molecule has 1 aromatic heterocycles. The summed E-state index contributed by atoms with van der Waals surface area (Å²) in [6, 6.07) is 8.20. The summed E-state index contributed by atoms with van der Waals surface area (Å²) in [5.41, 5.74) is 0.0210. The molecule has 0 aliphatic carbocycles. The molecule has 0 amide bonds. The number of carbonyl (C=O) groups is 1. The number of fused-ring (bicyclic) bond motifs is 1. The lowest BCUT2D eigenvalue weighted by atomic mass is 10.0. The van der Waals surface area contributed by atoms with E-state index in [4.69, 9.17) is 9.15 Å². The second kappa shape index (κ2) is 14.0. The van der Waals surface area contributed by atoms with E-state index >= 15 is 0 Å². The topological polar surface area (TPSA) is 56.5 Å². The lowest BCUT2D eigenvalue weighted by molar-refractivity contribution is -0.138. The summed E-state index contributed by atoms with van der Waals surface area (Å²) < 4.78 is 10.6. The molecule has 30 heavy (non-hydrogen) atoms. The van der Waals surface area contributed by atoms with Crippen molar-refractivity contribution in [1.82, 2.24) is 0 Å². The molecule has 1 aromatic carbocycles. The maximum Gasteiger partial charge on any atom is 0.336 e. The van der Waals surface area contributed by atoms with Gasteiger partial charge in [0.05, 0.1) is 5.92 Å². The molecule has 2 rings (SSSR count). The fourth-order valence-electron chi connectivity index (χ4n) is 3.73. The van der Waals surface area contributed by atoms with E-state index in [1.807, 2.05) is 6.92 Å². The summed E-state index contributed by atoms with van der Waals surface area (Å²) in [6.07, 6.45) is 16.6. The van der Waals surface area contributed by atoms with Crippen molar-refractivity contribution in [2.75, 3.05) is 0 Å². The van der Waals surface area contributed by atoms with E-state index in [1.54, 1.807) is 24.3 Å². The van der Waals surface area contributed by atoms with Gasteiger partial charge in [-0.2, -0.15) is 0 Å². The van der Waals surface area contributed by atoms with Crippen LogP contribution in [0.5, 0.6) is 5.75 Å². The number of esters is 1. The minimum Gasteiger partial charge on any atom is -0.426 e.